The van der Waals surface area contributed by atoms with E-state index in [9.17, 15) is 20.4 Å². The lowest BCUT2D eigenvalue weighted by Gasteiger charge is -2.34. The van der Waals surface area contributed by atoms with E-state index < -0.39 is 6.10 Å². The summed E-state index contributed by atoms with van der Waals surface area (Å²) in [6, 6.07) is 7.30. The van der Waals surface area contributed by atoms with Gasteiger partial charge in [-0.3, -0.25) is 0 Å². The highest BCUT2D eigenvalue weighted by Crippen LogP contribution is 2.43. The molecular weight excluding hydrogens is 372 g/mol. The molecule has 6 heteroatoms. The van der Waals surface area contributed by atoms with E-state index in [1.807, 2.05) is 0 Å². The van der Waals surface area contributed by atoms with Crippen LogP contribution in [0.2, 0.25) is 0 Å². The van der Waals surface area contributed by atoms with E-state index in [0.717, 1.165) is 12.8 Å². The number of phenolic OH excluding ortho intramolecular Hbond substituents is 4. The van der Waals surface area contributed by atoms with Crippen LogP contribution in [0.5, 0.6) is 28.7 Å². The molecule has 0 fully saturated rings. The summed E-state index contributed by atoms with van der Waals surface area (Å²) in [6.07, 6.45) is 6.48. The summed E-state index contributed by atoms with van der Waals surface area (Å²) in [5.41, 5.74) is 1.25. The van der Waals surface area contributed by atoms with Crippen molar-refractivity contribution in [2.75, 3.05) is 6.61 Å². The molecule has 0 radical (unpaired) electrons. The Balaban J connectivity index is 1.74. The predicted octanol–water partition coefficient (Wildman–Crippen LogP) is 4.93. The molecular formula is C23H30O6. The first-order chi connectivity index (χ1) is 14.0. The van der Waals surface area contributed by atoms with Crippen molar-refractivity contribution in [3.8, 4) is 28.7 Å². The molecule has 6 nitrogen and oxygen atoms in total. The van der Waals surface area contributed by atoms with Crippen LogP contribution >= 0.6 is 0 Å². The lowest BCUT2D eigenvalue weighted by atomic mass is 9.93. The van der Waals surface area contributed by atoms with Gasteiger partial charge in [0.2, 0.25) is 0 Å². The van der Waals surface area contributed by atoms with Gasteiger partial charge in [-0.25, -0.2) is 0 Å². The second-order valence-electron chi connectivity index (χ2n) is 7.61. The van der Waals surface area contributed by atoms with Gasteiger partial charge in [-0.1, -0.05) is 45.1 Å². The Morgan fingerprint density at radius 3 is 2.41 bits per heavy atom. The molecule has 4 N–H and O–H groups in total. The Morgan fingerprint density at radius 1 is 0.897 bits per heavy atom. The molecule has 0 saturated carbocycles. The van der Waals surface area contributed by atoms with Crippen LogP contribution in [0.1, 0.15) is 62.7 Å². The topological polar surface area (TPSA) is 99.4 Å². The summed E-state index contributed by atoms with van der Waals surface area (Å²) in [4.78, 5) is 0. The van der Waals surface area contributed by atoms with Gasteiger partial charge in [-0.2, -0.15) is 0 Å². The molecule has 2 atom stereocenters. The second-order valence-corrected chi connectivity index (χ2v) is 7.61. The van der Waals surface area contributed by atoms with Crippen LogP contribution in [-0.2, 0) is 11.2 Å². The number of fused-ring (bicyclic) bond motifs is 1. The summed E-state index contributed by atoms with van der Waals surface area (Å²) in [6.45, 7) is 2.77. The van der Waals surface area contributed by atoms with Crippen molar-refractivity contribution in [2.24, 2.45) is 0 Å². The third-order valence-electron chi connectivity index (χ3n) is 5.32. The smallest absolute Gasteiger partial charge is 0.157 e. The molecule has 2 aromatic carbocycles. The van der Waals surface area contributed by atoms with E-state index in [0.29, 0.717) is 29.9 Å². The van der Waals surface area contributed by atoms with Crippen LogP contribution in [0.25, 0.3) is 0 Å². The SMILES string of the molecule is CCCCCCCCO[C@H]1Cc2c(O)cc(O)cc2O[C@@H]1c1ccc(O)c(O)c1. The molecule has 3 rings (SSSR count). The molecule has 0 aliphatic carbocycles. The highest BCUT2D eigenvalue weighted by atomic mass is 16.5. The highest BCUT2D eigenvalue weighted by Gasteiger charge is 2.34. The van der Waals surface area contributed by atoms with Crippen molar-refractivity contribution in [3.05, 3.63) is 41.5 Å². The van der Waals surface area contributed by atoms with Gasteiger partial charge in [0.05, 0.1) is 0 Å². The minimum Gasteiger partial charge on any atom is -0.508 e. The molecule has 29 heavy (non-hydrogen) atoms. The molecule has 1 aliphatic heterocycles. The maximum absolute atomic E-state index is 10.2. The Hall–Kier alpha value is -2.60. The average Bonchev–Trinajstić information content (AvgIpc) is 2.69. The number of unbranched alkanes of at least 4 members (excludes halogenated alkanes) is 5. The van der Waals surface area contributed by atoms with Gasteiger partial charge in [0.15, 0.2) is 17.6 Å². The van der Waals surface area contributed by atoms with E-state index >= 15 is 0 Å². The van der Waals surface area contributed by atoms with E-state index in [1.54, 1.807) is 6.07 Å². The number of ether oxygens (including phenoxy) is 2. The third-order valence-corrected chi connectivity index (χ3v) is 5.32. The molecule has 1 heterocycles. The lowest BCUT2D eigenvalue weighted by molar-refractivity contribution is -0.0393. The normalized spacial score (nSPS) is 18.2. The first kappa shape index (κ1) is 21.1. The van der Waals surface area contributed by atoms with Crippen molar-refractivity contribution in [1.82, 2.24) is 0 Å². The molecule has 2 aromatic rings. The van der Waals surface area contributed by atoms with E-state index in [2.05, 4.69) is 6.92 Å². The fourth-order valence-corrected chi connectivity index (χ4v) is 3.71. The largest absolute Gasteiger partial charge is 0.508 e. The van der Waals surface area contributed by atoms with E-state index in [-0.39, 0.29) is 29.1 Å². The maximum Gasteiger partial charge on any atom is 0.157 e. The fraction of sp³-hybridized carbons (Fsp3) is 0.478. The van der Waals surface area contributed by atoms with Crippen LogP contribution in [-0.4, -0.2) is 33.1 Å². The molecule has 0 aromatic heterocycles. The van der Waals surface area contributed by atoms with Crippen molar-refractivity contribution in [3.63, 3.8) is 0 Å². The zero-order valence-corrected chi connectivity index (χ0v) is 16.8. The Kier molecular flexibility index (Phi) is 7.09. The van der Waals surface area contributed by atoms with Crippen molar-refractivity contribution in [1.29, 1.82) is 0 Å². The number of hydrogen-bond acceptors (Lipinski definition) is 6. The summed E-state index contributed by atoms with van der Waals surface area (Å²) in [5, 5.41) is 39.5. The molecule has 0 spiro atoms. The molecule has 1 aliphatic rings. The zero-order valence-electron chi connectivity index (χ0n) is 16.8. The molecule has 158 valence electrons. The van der Waals surface area contributed by atoms with Crippen LogP contribution in [0.4, 0.5) is 0 Å². The Bertz CT molecular complexity index is 819. The minimum atomic E-state index is -0.532. The maximum atomic E-state index is 10.2. The molecule has 0 amide bonds. The second kappa shape index (κ2) is 9.74. The standard InChI is InChI=1S/C23H30O6/c1-2-3-4-5-6-7-10-28-22-14-17-19(26)12-16(24)13-21(17)29-23(22)15-8-9-18(25)20(27)11-15/h8-9,11-13,22-27H,2-7,10,14H2,1H3/t22-,23+/m0/s1. The van der Waals surface area contributed by atoms with Crippen LogP contribution in [0.15, 0.2) is 30.3 Å². The quantitative estimate of drug-likeness (QED) is 0.351. The number of benzene rings is 2. The van der Waals surface area contributed by atoms with Gasteiger partial charge in [0, 0.05) is 30.7 Å². The highest BCUT2D eigenvalue weighted by molar-refractivity contribution is 5.52. The monoisotopic (exact) mass is 402 g/mol. The summed E-state index contributed by atoms with van der Waals surface area (Å²) < 4.78 is 12.2. The zero-order chi connectivity index (χ0) is 20.8. The summed E-state index contributed by atoms with van der Waals surface area (Å²) >= 11 is 0. The van der Waals surface area contributed by atoms with Gasteiger partial charge in [-0.05, 0) is 24.1 Å². The van der Waals surface area contributed by atoms with Gasteiger partial charge < -0.3 is 29.9 Å². The molecule has 0 saturated heterocycles. The molecule has 0 unspecified atom stereocenters. The number of aromatic hydroxyl groups is 4. The number of hydrogen-bond donors (Lipinski definition) is 4. The van der Waals surface area contributed by atoms with Gasteiger partial charge in [-0.15, -0.1) is 0 Å². The van der Waals surface area contributed by atoms with Crippen molar-refractivity contribution >= 4 is 0 Å². The number of rotatable bonds is 9. The first-order valence-corrected chi connectivity index (χ1v) is 10.3. The van der Waals surface area contributed by atoms with Gasteiger partial charge >= 0.3 is 0 Å². The Morgan fingerprint density at radius 2 is 1.66 bits per heavy atom. The average molecular weight is 402 g/mol. The summed E-state index contributed by atoms with van der Waals surface area (Å²) in [7, 11) is 0. The fourth-order valence-electron chi connectivity index (χ4n) is 3.71. The third kappa shape index (κ3) is 5.26. The van der Waals surface area contributed by atoms with E-state index in [4.69, 9.17) is 9.47 Å². The Labute approximate surface area is 171 Å². The van der Waals surface area contributed by atoms with Crippen LogP contribution in [0, 0.1) is 0 Å². The van der Waals surface area contributed by atoms with Crippen molar-refractivity contribution in [2.45, 2.75) is 64.1 Å². The lowest BCUT2D eigenvalue weighted by Crippen LogP contribution is -2.33. The molecule has 0 bridgehead atoms. The first-order valence-electron chi connectivity index (χ1n) is 10.3. The minimum absolute atomic E-state index is 0.0276. The predicted molar refractivity (Wildman–Crippen MR) is 110 cm³/mol. The van der Waals surface area contributed by atoms with Crippen LogP contribution < -0.4 is 4.74 Å². The van der Waals surface area contributed by atoms with E-state index in [1.165, 1.54) is 49.9 Å². The number of phenols is 4. The summed E-state index contributed by atoms with van der Waals surface area (Å²) in [5.74, 6) is -0.158. The van der Waals surface area contributed by atoms with Gasteiger partial charge in [0.1, 0.15) is 23.4 Å². The van der Waals surface area contributed by atoms with Crippen LogP contribution in [0.3, 0.4) is 0 Å². The van der Waals surface area contributed by atoms with Crippen molar-refractivity contribution < 1.29 is 29.9 Å². The van der Waals surface area contributed by atoms with Gasteiger partial charge in [0.25, 0.3) is 0 Å².